The molecule has 0 bridgehead atoms. The molecule has 16 heavy (non-hydrogen) atoms. The van der Waals surface area contributed by atoms with Crippen molar-refractivity contribution in [2.75, 3.05) is 6.61 Å². The Kier molecular flexibility index (Phi) is 3.51. The van der Waals surface area contributed by atoms with Gasteiger partial charge in [-0.15, -0.1) is 0 Å². The fraction of sp³-hybridized carbons (Fsp3) is 0.333. The van der Waals surface area contributed by atoms with Crippen molar-refractivity contribution < 1.29 is 34.4 Å². The molecule has 0 amide bonds. The summed E-state index contributed by atoms with van der Waals surface area (Å²) < 4.78 is 8.95. The molecule has 7 heteroatoms. The van der Waals surface area contributed by atoms with Gasteiger partial charge in [0.05, 0.1) is 0 Å². The summed E-state index contributed by atoms with van der Waals surface area (Å²) in [5.74, 6) is -3.66. The molecule has 0 spiro atoms. The van der Waals surface area contributed by atoms with E-state index in [0.717, 1.165) is 6.08 Å². The minimum absolute atomic E-state index is 0.512. The highest BCUT2D eigenvalue weighted by Crippen LogP contribution is 2.20. The molecule has 0 saturated carbocycles. The van der Waals surface area contributed by atoms with E-state index in [9.17, 15) is 14.7 Å². The number of aliphatic hydroxyl groups is 3. The van der Waals surface area contributed by atoms with Crippen LogP contribution in [-0.2, 0) is 19.1 Å². The zero-order valence-corrected chi connectivity index (χ0v) is 8.12. The number of carbonyl (C=O) groups excluding carboxylic acids is 2. The molecular weight excluding hydrogens is 220 g/mol. The summed E-state index contributed by atoms with van der Waals surface area (Å²) in [6.45, 7) is 2.62. The molecule has 0 aromatic carbocycles. The van der Waals surface area contributed by atoms with Gasteiger partial charge in [0, 0.05) is 6.08 Å². The van der Waals surface area contributed by atoms with Crippen molar-refractivity contribution in [3.8, 4) is 0 Å². The predicted molar refractivity (Wildman–Crippen MR) is 49.3 cm³/mol. The molecule has 0 unspecified atom stereocenters. The van der Waals surface area contributed by atoms with E-state index in [-0.39, 0.29) is 0 Å². The minimum Gasteiger partial charge on any atom is -0.499 e. The van der Waals surface area contributed by atoms with Crippen LogP contribution in [-0.4, -0.2) is 45.9 Å². The highest BCUT2D eigenvalue weighted by molar-refractivity contribution is 5.99. The Bertz CT molecular complexity index is 357. The van der Waals surface area contributed by atoms with Crippen LogP contribution in [0.1, 0.15) is 0 Å². The number of rotatable bonds is 4. The van der Waals surface area contributed by atoms with Gasteiger partial charge < -0.3 is 24.8 Å². The van der Waals surface area contributed by atoms with Gasteiger partial charge in [0.2, 0.25) is 11.5 Å². The molecule has 0 aromatic rings. The van der Waals surface area contributed by atoms with Crippen LogP contribution < -0.4 is 0 Å². The van der Waals surface area contributed by atoms with Crippen molar-refractivity contribution in [3.63, 3.8) is 0 Å². The zero-order chi connectivity index (χ0) is 12.3. The number of ether oxygens (including phenoxy) is 2. The van der Waals surface area contributed by atoms with E-state index in [1.165, 1.54) is 0 Å². The van der Waals surface area contributed by atoms with Gasteiger partial charge in [0.1, 0.15) is 12.7 Å². The predicted octanol–water partition coefficient (Wildman–Crippen LogP) is -0.671. The number of hydrogen-bond acceptors (Lipinski definition) is 7. The Morgan fingerprint density at radius 1 is 1.62 bits per heavy atom. The van der Waals surface area contributed by atoms with E-state index in [2.05, 4.69) is 16.1 Å². The lowest BCUT2D eigenvalue weighted by Crippen LogP contribution is -2.37. The average Bonchev–Trinajstić information content (AvgIpc) is 2.53. The van der Waals surface area contributed by atoms with Crippen LogP contribution in [0.25, 0.3) is 0 Å². The van der Waals surface area contributed by atoms with Crippen molar-refractivity contribution in [2.24, 2.45) is 0 Å². The Hall–Kier alpha value is -2.02. The first kappa shape index (κ1) is 12.1. The quantitative estimate of drug-likeness (QED) is 0.433. The smallest absolute Gasteiger partial charge is 0.330 e. The first-order valence-electron chi connectivity index (χ1n) is 4.27. The second kappa shape index (κ2) is 4.67. The summed E-state index contributed by atoms with van der Waals surface area (Å²) in [6.07, 6.45) is -2.07. The summed E-state index contributed by atoms with van der Waals surface area (Å²) in [5, 5.41) is 27.2. The molecule has 1 aliphatic heterocycles. The SMILES string of the molecule is C=CC(=O)OC[C@H](O)[C@H]1OC(O)=C(O)C1=O. The number of esters is 1. The van der Waals surface area contributed by atoms with E-state index < -0.39 is 42.3 Å². The van der Waals surface area contributed by atoms with Gasteiger partial charge in [-0.1, -0.05) is 6.58 Å². The van der Waals surface area contributed by atoms with Gasteiger partial charge in [0.25, 0.3) is 0 Å². The first-order valence-corrected chi connectivity index (χ1v) is 4.27. The fourth-order valence-electron chi connectivity index (χ4n) is 1.04. The molecule has 2 atom stereocenters. The van der Waals surface area contributed by atoms with Crippen LogP contribution in [0.2, 0.25) is 0 Å². The molecular formula is C9H10O7. The monoisotopic (exact) mass is 230 g/mol. The van der Waals surface area contributed by atoms with Crippen molar-refractivity contribution in [2.45, 2.75) is 12.2 Å². The number of hydrogen-bond donors (Lipinski definition) is 3. The largest absolute Gasteiger partial charge is 0.499 e. The molecule has 0 saturated heterocycles. The highest BCUT2D eigenvalue weighted by atomic mass is 16.6. The van der Waals surface area contributed by atoms with Gasteiger partial charge >= 0.3 is 11.9 Å². The van der Waals surface area contributed by atoms with Crippen LogP contribution in [0.5, 0.6) is 0 Å². The summed E-state index contributed by atoms with van der Waals surface area (Å²) in [6, 6.07) is 0. The van der Waals surface area contributed by atoms with E-state index in [1.807, 2.05) is 0 Å². The molecule has 7 nitrogen and oxygen atoms in total. The summed E-state index contributed by atoms with van der Waals surface area (Å²) >= 11 is 0. The van der Waals surface area contributed by atoms with Crippen molar-refractivity contribution in [1.82, 2.24) is 0 Å². The minimum atomic E-state index is -1.48. The first-order chi connectivity index (χ1) is 7.47. The number of carbonyl (C=O) groups is 2. The summed E-state index contributed by atoms with van der Waals surface area (Å²) in [7, 11) is 0. The van der Waals surface area contributed by atoms with E-state index in [4.69, 9.17) is 10.2 Å². The Morgan fingerprint density at radius 2 is 2.25 bits per heavy atom. The molecule has 0 aromatic heterocycles. The molecule has 88 valence electrons. The third-order valence-electron chi connectivity index (χ3n) is 1.85. The van der Waals surface area contributed by atoms with E-state index in [0.29, 0.717) is 0 Å². The molecule has 0 aliphatic carbocycles. The maximum Gasteiger partial charge on any atom is 0.330 e. The number of ketones is 1. The lowest BCUT2D eigenvalue weighted by Gasteiger charge is -2.15. The lowest BCUT2D eigenvalue weighted by molar-refractivity contribution is -0.147. The van der Waals surface area contributed by atoms with Gasteiger partial charge in [-0.05, 0) is 0 Å². The van der Waals surface area contributed by atoms with Crippen LogP contribution in [0.3, 0.4) is 0 Å². The van der Waals surface area contributed by atoms with Crippen LogP contribution in [0, 0.1) is 0 Å². The number of aliphatic hydroxyl groups excluding tert-OH is 3. The number of Topliss-reactive ketones (excluding diaryl/α,β-unsaturated/α-hetero) is 1. The Labute approximate surface area is 90.2 Å². The van der Waals surface area contributed by atoms with Gasteiger partial charge in [-0.25, -0.2) is 4.79 Å². The second-order valence-corrected chi connectivity index (χ2v) is 2.96. The average molecular weight is 230 g/mol. The Morgan fingerprint density at radius 3 is 2.69 bits per heavy atom. The summed E-state index contributed by atoms with van der Waals surface area (Å²) in [4.78, 5) is 21.8. The fourth-order valence-corrected chi connectivity index (χ4v) is 1.04. The molecule has 1 rings (SSSR count). The highest BCUT2D eigenvalue weighted by Gasteiger charge is 2.40. The third kappa shape index (κ3) is 2.31. The summed E-state index contributed by atoms with van der Waals surface area (Å²) in [5.41, 5.74) is 0. The zero-order valence-electron chi connectivity index (χ0n) is 8.12. The maximum absolute atomic E-state index is 11.2. The van der Waals surface area contributed by atoms with Gasteiger partial charge in [-0.3, -0.25) is 4.79 Å². The second-order valence-electron chi connectivity index (χ2n) is 2.96. The molecule has 1 heterocycles. The third-order valence-corrected chi connectivity index (χ3v) is 1.85. The lowest BCUT2D eigenvalue weighted by atomic mass is 10.1. The van der Waals surface area contributed by atoms with Crippen molar-refractivity contribution >= 4 is 11.8 Å². The maximum atomic E-state index is 11.2. The molecule has 3 N–H and O–H groups in total. The molecule has 0 radical (unpaired) electrons. The topological polar surface area (TPSA) is 113 Å². The van der Waals surface area contributed by atoms with Crippen molar-refractivity contribution in [3.05, 3.63) is 24.4 Å². The van der Waals surface area contributed by atoms with Crippen LogP contribution in [0.4, 0.5) is 0 Å². The van der Waals surface area contributed by atoms with E-state index >= 15 is 0 Å². The van der Waals surface area contributed by atoms with Crippen LogP contribution >= 0.6 is 0 Å². The normalized spacial score (nSPS) is 21.6. The van der Waals surface area contributed by atoms with Crippen LogP contribution in [0.15, 0.2) is 24.4 Å². The Balaban J connectivity index is 2.52. The van der Waals surface area contributed by atoms with Gasteiger partial charge in [0.15, 0.2) is 6.10 Å². The van der Waals surface area contributed by atoms with E-state index in [1.54, 1.807) is 0 Å². The van der Waals surface area contributed by atoms with Crippen molar-refractivity contribution in [1.29, 1.82) is 0 Å². The molecule has 0 fully saturated rings. The standard InChI is InChI=1S/C9H10O7/c1-2-5(11)15-3-4(10)8-6(12)7(13)9(14)16-8/h2,4,8,10,13-14H,1,3H2/t4-,8+/m0/s1. The van der Waals surface area contributed by atoms with Gasteiger partial charge in [-0.2, -0.15) is 0 Å². The molecule has 1 aliphatic rings.